The Morgan fingerprint density at radius 3 is 2.67 bits per heavy atom. The third-order valence-corrected chi connectivity index (χ3v) is 4.15. The Kier molecular flexibility index (Phi) is 4.10. The summed E-state index contributed by atoms with van der Waals surface area (Å²) < 4.78 is 5.61. The molecule has 3 aromatic carbocycles. The van der Waals surface area contributed by atoms with E-state index in [9.17, 15) is 14.9 Å². The van der Waals surface area contributed by atoms with Gasteiger partial charge in [-0.05, 0) is 29.0 Å². The van der Waals surface area contributed by atoms with Gasteiger partial charge in [-0.25, -0.2) is 5.43 Å². The average molecular weight is 359 g/mol. The van der Waals surface area contributed by atoms with E-state index in [1.54, 1.807) is 24.3 Å². The van der Waals surface area contributed by atoms with Gasteiger partial charge in [-0.15, -0.1) is 0 Å². The van der Waals surface area contributed by atoms with Crippen LogP contribution < -0.4 is 5.43 Å². The number of fused-ring (bicyclic) bond motifs is 3. The lowest BCUT2D eigenvalue weighted by Crippen LogP contribution is -2.16. The number of hydrogen-bond acceptors (Lipinski definition) is 5. The highest BCUT2D eigenvalue weighted by atomic mass is 16.6. The van der Waals surface area contributed by atoms with E-state index in [4.69, 9.17) is 4.42 Å². The average Bonchev–Trinajstić information content (AvgIpc) is 3.13. The van der Waals surface area contributed by atoms with Gasteiger partial charge in [0.1, 0.15) is 5.58 Å². The topological polar surface area (TPSA) is 97.7 Å². The number of benzene rings is 3. The molecule has 0 aliphatic heterocycles. The van der Waals surface area contributed by atoms with Crippen LogP contribution in [0.1, 0.15) is 16.1 Å². The first-order valence-corrected chi connectivity index (χ1v) is 8.11. The van der Waals surface area contributed by atoms with E-state index in [2.05, 4.69) is 10.5 Å². The second-order valence-electron chi connectivity index (χ2n) is 5.82. The van der Waals surface area contributed by atoms with Crippen molar-refractivity contribution in [2.24, 2.45) is 5.10 Å². The van der Waals surface area contributed by atoms with Crippen LogP contribution in [-0.4, -0.2) is 17.0 Å². The van der Waals surface area contributed by atoms with Crippen molar-refractivity contribution in [3.05, 3.63) is 88.2 Å². The van der Waals surface area contributed by atoms with Crippen molar-refractivity contribution in [1.29, 1.82) is 0 Å². The maximum Gasteiger partial charge on any atom is 0.307 e. The van der Waals surface area contributed by atoms with E-state index >= 15 is 0 Å². The van der Waals surface area contributed by atoms with Gasteiger partial charge in [0, 0.05) is 11.5 Å². The molecule has 1 aromatic heterocycles. The summed E-state index contributed by atoms with van der Waals surface area (Å²) in [7, 11) is 0. The largest absolute Gasteiger partial charge is 0.451 e. The van der Waals surface area contributed by atoms with Gasteiger partial charge in [-0.3, -0.25) is 14.9 Å². The summed E-state index contributed by atoms with van der Waals surface area (Å²) in [6.07, 6.45) is 1.23. The van der Waals surface area contributed by atoms with Gasteiger partial charge in [-0.1, -0.05) is 42.5 Å². The summed E-state index contributed by atoms with van der Waals surface area (Å²) in [5, 5.41) is 17.7. The van der Waals surface area contributed by atoms with Gasteiger partial charge in [0.25, 0.3) is 5.69 Å². The van der Waals surface area contributed by atoms with Gasteiger partial charge in [-0.2, -0.15) is 5.10 Å². The molecule has 0 bridgehead atoms. The molecule has 27 heavy (non-hydrogen) atoms. The Morgan fingerprint density at radius 1 is 1.04 bits per heavy atom. The van der Waals surface area contributed by atoms with Crippen molar-refractivity contribution in [3.8, 4) is 0 Å². The zero-order valence-corrected chi connectivity index (χ0v) is 14.0. The van der Waals surface area contributed by atoms with Gasteiger partial charge >= 0.3 is 5.91 Å². The first-order valence-electron chi connectivity index (χ1n) is 8.11. The van der Waals surface area contributed by atoms with Crippen LogP contribution >= 0.6 is 0 Å². The molecule has 0 spiro atoms. The number of rotatable bonds is 4. The Bertz CT molecular complexity index is 1210. The smallest absolute Gasteiger partial charge is 0.307 e. The van der Waals surface area contributed by atoms with Gasteiger partial charge in [0.05, 0.1) is 16.7 Å². The van der Waals surface area contributed by atoms with Crippen LogP contribution in [0.25, 0.3) is 21.7 Å². The fraction of sp³-hybridized carbons (Fsp3) is 0. The number of nitrogens with zero attached hydrogens (tertiary/aromatic N) is 2. The lowest BCUT2D eigenvalue weighted by atomic mass is 10.1. The minimum atomic E-state index is -0.537. The molecule has 1 N–H and O–H groups in total. The zero-order chi connectivity index (χ0) is 18.8. The predicted octanol–water partition coefficient (Wildman–Crippen LogP) is 4.26. The highest BCUT2D eigenvalue weighted by Gasteiger charge is 2.14. The number of nitro groups is 1. The summed E-state index contributed by atoms with van der Waals surface area (Å²) in [4.78, 5) is 22.8. The standard InChI is InChI=1S/C20H13N3O4/c24-20(22-21-12-14-6-2-4-8-17(14)23(25)26)19-11-16-15-7-3-1-5-13(15)9-10-18(16)27-19/h1-12H,(H,22,24). The minimum Gasteiger partial charge on any atom is -0.451 e. The lowest BCUT2D eigenvalue weighted by Gasteiger charge is -1.97. The van der Waals surface area contributed by atoms with Crippen molar-refractivity contribution in [2.75, 3.05) is 0 Å². The van der Waals surface area contributed by atoms with Crippen LogP contribution in [0.2, 0.25) is 0 Å². The molecule has 0 atom stereocenters. The van der Waals surface area contributed by atoms with Crippen LogP contribution in [0, 0.1) is 10.1 Å². The molecule has 7 nitrogen and oxygen atoms in total. The summed E-state index contributed by atoms with van der Waals surface area (Å²) in [5.41, 5.74) is 3.13. The molecule has 4 rings (SSSR count). The Morgan fingerprint density at radius 2 is 1.81 bits per heavy atom. The van der Waals surface area contributed by atoms with E-state index in [0.29, 0.717) is 11.1 Å². The SMILES string of the molecule is O=C(NN=Cc1ccccc1[N+](=O)[O-])c1cc2c(ccc3ccccc32)o1. The van der Waals surface area contributed by atoms with E-state index in [-0.39, 0.29) is 11.4 Å². The number of carbonyl (C=O) groups excluding carboxylic acids is 1. The number of furan rings is 1. The summed E-state index contributed by atoms with van der Waals surface area (Å²) in [6, 6.07) is 19.3. The van der Waals surface area contributed by atoms with Crippen LogP contribution in [0.5, 0.6) is 0 Å². The summed E-state index contributed by atoms with van der Waals surface area (Å²) in [6.45, 7) is 0. The lowest BCUT2D eigenvalue weighted by molar-refractivity contribution is -0.385. The molecule has 0 unspecified atom stereocenters. The van der Waals surface area contributed by atoms with Crippen molar-refractivity contribution in [2.45, 2.75) is 0 Å². The number of amides is 1. The zero-order valence-electron chi connectivity index (χ0n) is 14.0. The number of para-hydroxylation sites is 1. The molecular formula is C20H13N3O4. The Balaban J connectivity index is 1.59. The highest BCUT2D eigenvalue weighted by molar-refractivity contribution is 6.08. The predicted molar refractivity (Wildman–Crippen MR) is 102 cm³/mol. The van der Waals surface area contributed by atoms with E-state index in [0.717, 1.165) is 16.2 Å². The molecule has 132 valence electrons. The third-order valence-electron chi connectivity index (χ3n) is 4.15. The fourth-order valence-electron chi connectivity index (χ4n) is 2.88. The maximum atomic E-state index is 12.3. The number of hydrogen-bond donors (Lipinski definition) is 1. The van der Waals surface area contributed by atoms with Crippen LogP contribution in [-0.2, 0) is 0 Å². The third kappa shape index (κ3) is 3.13. The van der Waals surface area contributed by atoms with Crippen molar-refractivity contribution in [1.82, 2.24) is 5.43 Å². The van der Waals surface area contributed by atoms with Crippen LogP contribution in [0.4, 0.5) is 5.69 Å². The highest BCUT2D eigenvalue weighted by Crippen LogP contribution is 2.28. The second-order valence-corrected chi connectivity index (χ2v) is 5.82. The van der Waals surface area contributed by atoms with Crippen molar-refractivity contribution >= 4 is 39.6 Å². The first-order chi connectivity index (χ1) is 13.1. The van der Waals surface area contributed by atoms with E-state index in [1.807, 2.05) is 36.4 Å². The molecule has 0 saturated carbocycles. The number of hydrazone groups is 1. The maximum absolute atomic E-state index is 12.3. The fourth-order valence-corrected chi connectivity index (χ4v) is 2.88. The minimum absolute atomic E-state index is 0.0919. The molecule has 0 saturated heterocycles. The van der Waals surface area contributed by atoms with Crippen molar-refractivity contribution in [3.63, 3.8) is 0 Å². The summed E-state index contributed by atoms with van der Waals surface area (Å²) >= 11 is 0. The van der Waals surface area contributed by atoms with Gasteiger partial charge in [0.2, 0.25) is 0 Å². The number of nitrogens with one attached hydrogen (secondary N) is 1. The number of nitro benzene ring substituents is 1. The monoisotopic (exact) mass is 359 g/mol. The molecule has 0 aliphatic rings. The van der Waals surface area contributed by atoms with Crippen LogP contribution in [0.15, 0.2) is 76.2 Å². The molecule has 0 fully saturated rings. The Labute approximate surface area is 153 Å². The van der Waals surface area contributed by atoms with Crippen molar-refractivity contribution < 1.29 is 14.1 Å². The Hall–Kier alpha value is -4.00. The van der Waals surface area contributed by atoms with Gasteiger partial charge < -0.3 is 4.42 Å². The molecule has 1 amide bonds. The molecular weight excluding hydrogens is 346 g/mol. The molecule has 0 aliphatic carbocycles. The normalized spacial score (nSPS) is 11.3. The van der Waals surface area contributed by atoms with E-state index in [1.165, 1.54) is 12.3 Å². The van der Waals surface area contributed by atoms with Gasteiger partial charge in [0.15, 0.2) is 5.76 Å². The molecule has 1 heterocycles. The molecule has 0 radical (unpaired) electrons. The quantitative estimate of drug-likeness (QED) is 0.334. The van der Waals surface area contributed by atoms with E-state index < -0.39 is 10.8 Å². The molecule has 4 aromatic rings. The first kappa shape index (κ1) is 16.5. The number of carbonyl (C=O) groups is 1. The summed E-state index contributed by atoms with van der Waals surface area (Å²) in [5.74, 6) is -0.425. The molecule has 7 heteroatoms. The second kappa shape index (κ2) is 6.72. The van der Waals surface area contributed by atoms with Crippen LogP contribution in [0.3, 0.4) is 0 Å².